The van der Waals surface area contributed by atoms with E-state index in [9.17, 15) is 9.59 Å². The van der Waals surface area contributed by atoms with Gasteiger partial charge in [0, 0.05) is 4.88 Å². The van der Waals surface area contributed by atoms with Gasteiger partial charge in [0.05, 0.1) is 31.6 Å². The number of nitrogens with zero attached hydrogens (tertiary/aromatic N) is 3. The van der Waals surface area contributed by atoms with E-state index < -0.39 is 11.9 Å². The zero-order valence-electron chi connectivity index (χ0n) is 19.1. The Hall–Kier alpha value is -3.20. The normalized spacial score (nSPS) is 14.3. The molecular formula is C24H28N4O4S. The quantitative estimate of drug-likeness (QED) is 0.400. The molecule has 1 aromatic carbocycles. The van der Waals surface area contributed by atoms with E-state index >= 15 is 0 Å². The lowest BCUT2D eigenvalue weighted by Crippen LogP contribution is -2.34. The summed E-state index contributed by atoms with van der Waals surface area (Å²) in [4.78, 5) is 32.3. The number of amides is 1. The fourth-order valence-electron chi connectivity index (χ4n) is 3.92. The van der Waals surface area contributed by atoms with Gasteiger partial charge in [0.1, 0.15) is 10.9 Å². The average molecular weight is 469 g/mol. The van der Waals surface area contributed by atoms with E-state index in [4.69, 9.17) is 9.47 Å². The third kappa shape index (κ3) is 4.78. The molecule has 1 atom stereocenters. The molecule has 0 unspecified atom stereocenters. The monoisotopic (exact) mass is 468 g/mol. The summed E-state index contributed by atoms with van der Waals surface area (Å²) in [6.07, 6.45) is 8.00. The van der Waals surface area contributed by atoms with Crippen molar-refractivity contribution in [3.63, 3.8) is 0 Å². The number of carbonyl (C=O) groups is 1. The Labute approximate surface area is 196 Å². The smallest absolute Gasteiger partial charge is 0.263 e. The number of fused-ring (bicyclic) bond motifs is 3. The van der Waals surface area contributed by atoms with Gasteiger partial charge in [-0.2, -0.15) is 5.10 Å². The Bertz CT molecular complexity index is 1250. The lowest BCUT2D eigenvalue weighted by Gasteiger charge is -2.14. The largest absolute Gasteiger partial charge is 0.493 e. The van der Waals surface area contributed by atoms with Crippen LogP contribution in [-0.4, -0.2) is 35.4 Å². The van der Waals surface area contributed by atoms with E-state index in [1.165, 1.54) is 22.0 Å². The molecule has 0 saturated heterocycles. The Morgan fingerprint density at radius 3 is 2.94 bits per heavy atom. The molecule has 0 saturated carbocycles. The van der Waals surface area contributed by atoms with Crippen molar-refractivity contribution in [3.8, 4) is 11.5 Å². The molecule has 0 radical (unpaired) electrons. The van der Waals surface area contributed by atoms with Gasteiger partial charge in [-0.1, -0.05) is 6.92 Å². The van der Waals surface area contributed by atoms with Gasteiger partial charge in [-0.05, 0) is 68.4 Å². The van der Waals surface area contributed by atoms with Crippen LogP contribution in [0.5, 0.6) is 11.5 Å². The zero-order chi connectivity index (χ0) is 23.4. The van der Waals surface area contributed by atoms with Crippen molar-refractivity contribution in [1.82, 2.24) is 15.0 Å². The Balaban J connectivity index is 1.48. The third-order valence-electron chi connectivity index (χ3n) is 5.73. The van der Waals surface area contributed by atoms with Crippen LogP contribution in [0.15, 0.2) is 34.4 Å². The molecule has 4 rings (SSSR count). The van der Waals surface area contributed by atoms with Crippen LogP contribution in [0.1, 0.15) is 55.2 Å². The van der Waals surface area contributed by atoms with Crippen molar-refractivity contribution in [2.75, 3.05) is 13.7 Å². The van der Waals surface area contributed by atoms with Gasteiger partial charge < -0.3 is 9.47 Å². The number of aromatic nitrogens is 2. The van der Waals surface area contributed by atoms with Crippen LogP contribution in [0.25, 0.3) is 10.2 Å². The molecule has 0 fully saturated rings. The molecule has 0 bridgehead atoms. The van der Waals surface area contributed by atoms with Crippen molar-refractivity contribution in [2.24, 2.45) is 5.10 Å². The van der Waals surface area contributed by atoms with Gasteiger partial charge in [0.15, 0.2) is 11.5 Å². The fraction of sp³-hybridized carbons (Fsp3) is 0.417. The second kappa shape index (κ2) is 10.2. The average Bonchev–Trinajstić information content (AvgIpc) is 3.22. The highest BCUT2D eigenvalue weighted by atomic mass is 32.1. The molecule has 2 heterocycles. The first kappa shape index (κ1) is 23.0. The Morgan fingerprint density at radius 2 is 2.15 bits per heavy atom. The summed E-state index contributed by atoms with van der Waals surface area (Å²) < 4.78 is 12.4. The van der Waals surface area contributed by atoms with E-state index in [-0.39, 0.29) is 5.56 Å². The van der Waals surface area contributed by atoms with Gasteiger partial charge in [-0.15, -0.1) is 11.3 Å². The summed E-state index contributed by atoms with van der Waals surface area (Å²) in [5.41, 5.74) is 4.21. The molecular weight excluding hydrogens is 440 g/mol. The minimum Gasteiger partial charge on any atom is -0.493 e. The maximum atomic E-state index is 13.2. The van der Waals surface area contributed by atoms with E-state index in [1.54, 1.807) is 31.4 Å². The standard InChI is InChI=1S/C24H28N4O4S/c1-4-11-32-18-10-9-16(12-19(18)31-3)13-26-27-22(29)15(2)28-14-25-23-21(24(28)30)17-7-5-6-8-20(17)33-23/h9-10,12-15H,4-8,11H2,1-3H3,(H,27,29)/b26-13-/t15-/m1/s1. The Kier molecular flexibility index (Phi) is 7.08. The van der Waals surface area contributed by atoms with Crippen LogP contribution in [0.2, 0.25) is 0 Å². The predicted octanol–water partition coefficient (Wildman–Crippen LogP) is 3.85. The number of hydrogen-bond acceptors (Lipinski definition) is 7. The molecule has 8 nitrogen and oxygen atoms in total. The van der Waals surface area contributed by atoms with E-state index in [1.807, 2.05) is 19.1 Å². The summed E-state index contributed by atoms with van der Waals surface area (Å²) in [7, 11) is 1.58. The van der Waals surface area contributed by atoms with Crippen LogP contribution in [0.3, 0.4) is 0 Å². The minimum absolute atomic E-state index is 0.168. The first-order valence-corrected chi connectivity index (χ1v) is 12.0. The summed E-state index contributed by atoms with van der Waals surface area (Å²) in [5.74, 6) is 0.859. The first-order valence-electron chi connectivity index (χ1n) is 11.2. The lowest BCUT2D eigenvalue weighted by atomic mass is 9.97. The van der Waals surface area contributed by atoms with Gasteiger partial charge in [-0.25, -0.2) is 10.4 Å². The molecule has 1 aliphatic rings. The van der Waals surface area contributed by atoms with Crippen LogP contribution < -0.4 is 20.5 Å². The molecule has 33 heavy (non-hydrogen) atoms. The molecule has 2 aromatic heterocycles. The van der Waals surface area contributed by atoms with Crippen molar-refractivity contribution < 1.29 is 14.3 Å². The van der Waals surface area contributed by atoms with Crippen LogP contribution in [-0.2, 0) is 17.6 Å². The number of ether oxygens (including phenoxy) is 2. The Morgan fingerprint density at radius 1 is 1.33 bits per heavy atom. The summed E-state index contributed by atoms with van der Waals surface area (Å²) in [6.45, 7) is 4.31. The van der Waals surface area contributed by atoms with Crippen molar-refractivity contribution in [3.05, 3.63) is 50.9 Å². The molecule has 9 heteroatoms. The number of methoxy groups -OCH3 is 1. The van der Waals surface area contributed by atoms with Crippen LogP contribution in [0.4, 0.5) is 0 Å². The molecule has 1 aliphatic carbocycles. The number of benzene rings is 1. The summed E-state index contributed by atoms with van der Waals surface area (Å²) in [6, 6.07) is 4.67. The van der Waals surface area contributed by atoms with Crippen molar-refractivity contribution >= 4 is 33.7 Å². The maximum absolute atomic E-state index is 13.2. The predicted molar refractivity (Wildman–Crippen MR) is 130 cm³/mol. The topological polar surface area (TPSA) is 94.8 Å². The van der Waals surface area contributed by atoms with E-state index in [2.05, 4.69) is 15.5 Å². The minimum atomic E-state index is -0.745. The summed E-state index contributed by atoms with van der Waals surface area (Å²) >= 11 is 1.59. The number of rotatable bonds is 8. The summed E-state index contributed by atoms with van der Waals surface area (Å²) in [5, 5.41) is 4.72. The van der Waals surface area contributed by atoms with Crippen LogP contribution >= 0.6 is 11.3 Å². The molecule has 1 N–H and O–H groups in total. The highest BCUT2D eigenvalue weighted by Crippen LogP contribution is 2.33. The molecule has 0 spiro atoms. The fourth-order valence-corrected chi connectivity index (χ4v) is 5.14. The number of thiophene rings is 1. The molecule has 1 amide bonds. The molecule has 174 valence electrons. The maximum Gasteiger partial charge on any atom is 0.263 e. The van der Waals surface area contributed by atoms with Crippen molar-refractivity contribution in [2.45, 2.75) is 52.0 Å². The van der Waals surface area contributed by atoms with Gasteiger partial charge in [-0.3, -0.25) is 14.2 Å². The van der Waals surface area contributed by atoms with Gasteiger partial charge in [0.25, 0.3) is 11.5 Å². The second-order valence-electron chi connectivity index (χ2n) is 8.02. The molecule has 3 aromatic rings. The molecule has 0 aliphatic heterocycles. The number of aryl methyl sites for hydroxylation is 2. The zero-order valence-corrected chi connectivity index (χ0v) is 19.9. The highest BCUT2D eigenvalue weighted by molar-refractivity contribution is 7.18. The first-order chi connectivity index (χ1) is 16.0. The van der Waals surface area contributed by atoms with Gasteiger partial charge in [0.2, 0.25) is 0 Å². The number of carbonyl (C=O) groups excluding carboxylic acids is 1. The van der Waals surface area contributed by atoms with E-state index in [0.717, 1.165) is 48.1 Å². The van der Waals surface area contributed by atoms with Gasteiger partial charge >= 0.3 is 0 Å². The second-order valence-corrected chi connectivity index (χ2v) is 9.10. The number of hydrazone groups is 1. The van der Waals surface area contributed by atoms with Crippen LogP contribution in [0, 0.1) is 0 Å². The lowest BCUT2D eigenvalue weighted by molar-refractivity contribution is -0.123. The van der Waals surface area contributed by atoms with Crippen molar-refractivity contribution in [1.29, 1.82) is 0 Å². The van der Waals surface area contributed by atoms with E-state index in [0.29, 0.717) is 23.5 Å². The third-order valence-corrected chi connectivity index (χ3v) is 6.93. The highest BCUT2D eigenvalue weighted by Gasteiger charge is 2.23. The number of hydrogen-bond donors (Lipinski definition) is 1. The SMILES string of the molecule is CCCOc1ccc(/C=N\NC(=O)[C@@H](C)n2cnc3sc4c(c3c2=O)CCCC4)cc1OC. The number of nitrogens with one attached hydrogen (secondary N) is 1.